The highest BCUT2D eigenvalue weighted by Gasteiger charge is 2.43. The van der Waals surface area contributed by atoms with Crippen molar-refractivity contribution in [2.24, 2.45) is 7.05 Å². The van der Waals surface area contributed by atoms with E-state index in [1.165, 1.54) is 0 Å². The molecule has 4 aromatic heterocycles. The lowest BCUT2D eigenvalue weighted by molar-refractivity contribution is -0.117. The van der Waals surface area contributed by atoms with E-state index >= 15 is 0 Å². The number of hydrogen-bond donors (Lipinski definition) is 1. The Morgan fingerprint density at radius 3 is 2.71 bits per heavy atom. The SMILES string of the molecule is Cn1ccc(-c2ncc(NC(=O)[C@H]3CC(C)(C)c4c3cnc3cc(Cl)nn43)cc2Cl)n1. The third-order valence-corrected chi connectivity index (χ3v) is 6.07. The molecule has 0 spiro atoms. The summed E-state index contributed by atoms with van der Waals surface area (Å²) < 4.78 is 3.42. The van der Waals surface area contributed by atoms with Crippen LogP contribution in [-0.2, 0) is 17.3 Å². The highest BCUT2D eigenvalue weighted by molar-refractivity contribution is 6.33. The van der Waals surface area contributed by atoms with Gasteiger partial charge in [-0.05, 0) is 18.6 Å². The normalized spacial score (nSPS) is 17.1. The lowest BCUT2D eigenvalue weighted by Crippen LogP contribution is -2.21. The second kappa shape index (κ2) is 7.03. The minimum atomic E-state index is -0.376. The fourth-order valence-electron chi connectivity index (χ4n) is 4.27. The number of pyridine rings is 1. The molecule has 1 aliphatic carbocycles. The van der Waals surface area contributed by atoms with E-state index in [-0.39, 0.29) is 17.2 Å². The summed E-state index contributed by atoms with van der Waals surface area (Å²) in [4.78, 5) is 22.0. The maximum Gasteiger partial charge on any atom is 0.232 e. The first kappa shape index (κ1) is 20.0. The van der Waals surface area contributed by atoms with E-state index in [0.717, 1.165) is 11.3 Å². The van der Waals surface area contributed by atoms with Gasteiger partial charge in [0.1, 0.15) is 11.4 Å². The summed E-state index contributed by atoms with van der Waals surface area (Å²) in [6, 6.07) is 5.23. The first-order chi connectivity index (χ1) is 14.7. The lowest BCUT2D eigenvalue weighted by atomic mass is 9.88. The van der Waals surface area contributed by atoms with Gasteiger partial charge in [-0.3, -0.25) is 14.5 Å². The quantitative estimate of drug-likeness (QED) is 0.498. The lowest BCUT2D eigenvalue weighted by Gasteiger charge is -2.19. The van der Waals surface area contributed by atoms with Crippen molar-refractivity contribution in [2.45, 2.75) is 31.6 Å². The number of anilines is 1. The maximum absolute atomic E-state index is 13.2. The molecular formula is C21H19Cl2N7O. The highest BCUT2D eigenvalue weighted by Crippen LogP contribution is 2.46. The molecule has 8 nitrogen and oxygen atoms in total. The Morgan fingerprint density at radius 2 is 2.00 bits per heavy atom. The van der Waals surface area contributed by atoms with Crippen LogP contribution in [0.4, 0.5) is 5.69 Å². The van der Waals surface area contributed by atoms with Crippen molar-refractivity contribution in [3.05, 3.63) is 58.2 Å². The molecule has 0 fully saturated rings. The molecule has 1 N–H and O–H groups in total. The molecular weight excluding hydrogens is 437 g/mol. The summed E-state index contributed by atoms with van der Waals surface area (Å²) in [5, 5.41) is 12.4. The first-order valence-corrected chi connectivity index (χ1v) is 10.5. The van der Waals surface area contributed by atoms with Crippen molar-refractivity contribution in [1.29, 1.82) is 0 Å². The van der Waals surface area contributed by atoms with E-state index in [9.17, 15) is 4.79 Å². The largest absolute Gasteiger partial charge is 0.324 e. The monoisotopic (exact) mass is 455 g/mol. The molecule has 0 radical (unpaired) electrons. The molecule has 158 valence electrons. The minimum Gasteiger partial charge on any atom is -0.324 e. The van der Waals surface area contributed by atoms with Gasteiger partial charge < -0.3 is 5.32 Å². The average molecular weight is 456 g/mol. The summed E-state index contributed by atoms with van der Waals surface area (Å²) in [6.45, 7) is 4.18. The molecule has 1 atom stereocenters. The van der Waals surface area contributed by atoms with Crippen LogP contribution in [0, 0.1) is 0 Å². The number of aryl methyl sites for hydroxylation is 1. The second-order valence-electron chi connectivity index (χ2n) is 8.36. The summed E-state index contributed by atoms with van der Waals surface area (Å²) in [6.07, 6.45) is 5.78. The van der Waals surface area contributed by atoms with Crippen LogP contribution in [0.15, 0.2) is 36.8 Å². The fourth-order valence-corrected chi connectivity index (χ4v) is 4.70. The fraction of sp³-hybridized carbons (Fsp3) is 0.286. The smallest absolute Gasteiger partial charge is 0.232 e. The van der Waals surface area contributed by atoms with Gasteiger partial charge in [0.25, 0.3) is 0 Å². The first-order valence-electron chi connectivity index (χ1n) is 9.74. The number of halogens is 2. The van der Waals surface area contributed by atoms with Gasteiger partial charge in [0, 0.05) is 36.5 Å². The van der Waals surface area contributed by atoms with Gasteiger partial charge in [-0.15, -0.1) is 0 Å². The van der Waals surface area contributed by atoms with Crippen molar-refractivity contribution in [3.8, 4) is 11.4 Å². The number of carbonyl (C=O) groups excluding carboxylic acids is 1. The van der Waals surface area contributed by atoms with Crippen molar-refractivity contribution in [2.75, 3.05) is 5.32 Å². The summed E-state index contributed by atoms with van der Waals surface area (Å²) in [5.74, 6) is -0.520. The molecule has 5 rings (SSSR count). The van der Waals surface area contributed by atoms with E-state index in [1.54, 1.807) is 33.7 Å². The zero-order valence-electron chi connectivity index (χ0n) is 17.1. The number of aromatic nitrogens is 6. The van der Waals surface area contributed by atoms with Gasteiger partial charge in [0.15, 0.2) is 10.8 Å². The van der Waals surface area contributed by atoms with Crippen LogP contribution in [0.5, 0.6) is 0 Å². The van der Waals surface area contributed by atoms with Gasteiger partial charge in [-0.2, -0.15) is 10.2 Å². The molecule has 0 aromatic carbocycles. The molecule has 1 amide bonds. The number of nitrogens with zero attached hydrogens (tertiary/aromatic N) is 6. The summed E-state index contributed by atoms with van der Waals surface area (Å²) in [5.41, 5.74) is 3.95. The molecule has 0 unspecified atom stereocenters. The zero-order valence-corrected chi connectivity index (χ0v) is 18.6. The second-order valence-corrected chi connectivity index (χ2v) is 9.15. The predicted molar refractivity (Wildman–Crippen MR) is 118 cm³/mol. The Hall–Kier alpha value is -2.97. The molecule has 31 heavy (non-hydrogen) atoms. The minimum absolute atomic E-state index is 0.144. The van der Waals surface area contributed by atoms with Crippen LogP contribution in [0.25, 0.3) is 17.0 Å². The standard InChI is InChI=1S/C21H19Cl2N7O/c1-21(2)8-12(13-10-24-17-7-16(23)28-30(17)19(13)21)20(31)26-11-6-14(22)18(25-9-11)15-4-5-29(3)27-15/h4-7,9-10,12H,8H2,1-3H3,(H,26,31)/t12-/m0/s1. The Kier molecular flexibility index (Phi) is 4.53. The van der Waals surface area contributed by atoms with Gasteiger partial charge >= 0.3 is 0 Å². The Labute approximate surface area is 188 Å². The number of rotatable bonds is 3. The third-order valence-electron chi connectivity index (χ3n) is 5.59. The van der Waals surface area contributed by atoms with Crippen molar-refractivity contribution < 1.29 is 4.79 Å². The summed E-state index contributed by atoms with van der Waals surface area (Å²) >= 11 is 12.5. The van der Waals surface area contributed by atoms with Crippen LogP contribution in [0.3, 0.4) is 0 Å². The molecule has 0 aliphatic heterocycles. The van der Waals surface area contributed by atoms with E-state index in [2.05, 4.69) is 39.3 Å². The molecule has 4 heterocycles. The highest BCUT2D eigenvalue weighted by atomic mass is 35.5. The van der Waals surface area contributed by atoms with Crippen LogP contribution >= 0.6 is 23.2 Å². The molecule has 0 saturated heterocycles. The van der Waals surface area contributed by atoms with Gasteiger partial charge in [0.2, 0.25) is 5.91 Å². The van der Waals surface area contributed by atoms with Crippen LogP contribution in [0.1, 0.15) is 37.4 Å². The Balaban J connectivity index is 1.44. The Bertz CT molecular complexity index is 1340. The predicted octanol–water partition coefficient (Wildman–Crippen LogP) is 4.24. The van der Waals surface area contributed by atoms with E-state index in [0.29, 0.717) is 39.3 Å². The van der Waals surface area contributed by atoms with Crippen molar-refractivity contribution in [3.63, 3.8) is 0 Å². The topological polar surface area (TPSA) is 90.0 Å². The number of nitrogens with one attached hydrogen (secondary N) is 1. The van der Waals surface area contributed by atoms with Gasteiger partial charge in [-0.1, -0.05) is 37.0 Å². The maximum atomic E-state index is 13.2. The summed E-state index contributed by atoms with van der Waals surface area (Å²) in [7, 11) is 1.83. The van der Waals surface area contributed by atoms with E-state index in [1.807, 2.05) is 19.3 Å². The number of hydrogen-bond acceptors (Lipinski definition) is 5. The van der Waals surface area contributed by atoms with E-state index < -0.39 is 0 Å². The average Bonchev–Trinajstić information content (AvgIpc) is 3.36. The number of carbonyl (C=O) groups is 1. The molecule has 10 heteroatoms. The Morgan fingerprint density at radius 1 is 1.19 bits per heavy atom. The molecule has 0 bridgehead atoms. The van der Waals surface area contributed by atoms with Gasteiger partial charge in [-0.25, -0.2) is 9.50 Å². The van der Waals surface area contributed by atoms with E-state index in [4.69, 9.17) is 23.2 Å². The molecule has 4 aromatic rings. The zero-order chi connectivity index (χ0) is 21.9. The molecule has 0 saturated carbocycles. The number of amides is 1. The number of fused-ring (bicyclic) bond motifs is 3. The van der Waals surface area contributed by atoms with Crippen LogP contribution in [0.2, 0.25) is 10.2 Å². The van der Waals surface area contributed by atoms with Crippen molar-refractivity contribution in [1.82, 2.24) is 29.4 Å². The third kappa shape index (κ3) is 3.36. The van der Waals surface area contributed by atoms with Crippen LogP contribution < -0.4 is 5.32 Å². The van der Waals surface area contributed by atoms with Gasteiger partial charge in [0.05, 0.1) is 28.5 Å². The van der Waals surface area contributed by atoms with Crippen molar-refractivity contribution >= 4 is 40.4 Å². The molecule has 1 aliphatic rings. The van der Waals surface area contributed by atoms with Crippen LogP contribution in [-0.4, -0.2) is 35.3 Å².